The lowest BCUT2D eigenvalue weighted by Crippen LogP contribution is -2.25. The average molecular weight is 281 g/mol. The standard InChI is InChI=1S/C19H23NO/c1-21-19-9-5-8-16(13-19)17-10-11-18(12-17)20-14-15-6-3-2-4-7-15/h2-9,13,17-18,20H,10-12,14H2,1H3. The first-order chi connectivity index (χ1) is 10.3. The molecule has 0 saturated heterocycles. The van der Waals surface area contributed by atoms with Crippen LogP contribution in [-0.2, 0) is 6.54 Å². The van der Waals surface area contributed by atoms with E-state index < -0.39 is 0 Å². The van der Waals surface area contributed by atoms with Gasteiger partial charge in [0.2, 0.25) is 0 Å². The van der Waals surface area contributed by atoms with Gasteiger partial charge in [-0.1, -0.05) is 42.5 Å². The van der Waals surface area contributed by atoms with Crippen LogP contribution >= 0.6 is 0 Å². The number of hydrogen-bond donors (Lipinski definition) is 1. The maximum absolute atomic E-state index is 5.33. The molecule has 21 heavy (non-hydrogen) atoms. The second-order valence-corrected chi connectivity index (χ2v) is 5.85. The van der Waals surface area contributed by atoms with Crippen molar-refractivity contribution in [2.45, 2.75) is 37.8 Å². The molecule has 0 bridgehead atoms. The summed E-state index contributed by atoms with van der Waals surface area (Å²) in [6.45, 7) is 0.969. The summed E-state index contributed by atoms with van der Waals surface area (Å²) in [6, 6.07) is 19.8. The van der Waals surface area contributed by atoms with E-state index in [1.165, 1.54) is 30.4 Å². The van der Waals surface area contributed by atoms with Gasteiger partial charge in [-0.25, -0.2) is 0 Å². The van der Waals surface area contributed by atoms with Crippen molar-refractivity contribution in [2.24, 2.45) is 0 Å². The Hall–Kier alpha value is -1.80. The fraction of sp³-hybridized carbons (Fsp3) is 0.368. The molecular formula is C19H23NO. The lowest BCUT2D eigenvalue weighted by molar-refractivity contribution is 0.413. The molecule has 2 aromatic carbocycles. The Labute approximate surface area is 127 Å². The van der Waals surface area contributed by atoms with Crippen LogP contribution in [0.1, 0.15) is 36.3 Å². The van der Waals surface area contributed by atoms with Crippen molar-refractivity contribution in [1.29, 1.82) is 0 Å². The Bertz CT molecular complexity index is 567. The van der Waals surface area contributed by atoms with Gasteiger partial charge in [-0.05, 0) is 48.4 Å². The van der Waals surface area contributed by atoms with Gasteiger partial charge in [0.25, 0.3) is 0 Å². The lowest BCUT2D eigenvalue weighted by atomic mass is 9.97. The second-order valence-electron chi connectivity index (χ2n) is 5.85. The van der Waals surface area contributed by atoms with Gasteiger partial charge in [0.1, 0.15) is 5.75 Å². The molecule has 1 fully saturated rings. The Morgan fingerprint density at radius 2 is 1.90 bits per heavy atom. The van der Waals surface area contributed by atoms with Gasteiger partial charge < -0.3 is 10.1 Å². The van der Waals surface area contributed by atoms with E-state index in [1.807, 2.05) is 6.07 Å². The van der Waals surface area contributed by atoms with Crippen LogP contribution in [0.15, 0.2) is 54.6 Å². The minimum absolute atomic E-state index is 0.626. The van der Waals surface area contributed by atoms with Crippen molar-refractivity contribution in [3.63, 3.8) is 0 Å². The lowest BCUT2D eigenvalue weighted by Gasteiger charge is -2.14. The summed E-state index contributed by atoms with van der Waals surface area (Å²) in [5.74, 6) is 1.63. The molecule has 0 amide bonds. The maximum Gasteiger partial charge on any atom is 0.119 e. The summed E-state index contributed by atoms with van der Waals surface area (Å²) in [5, 5.41) is 3.69. The Balaban J connectivity index is 1.55. The van der Waals surface area contributed by atoms with E-state index in [2.05, 4.69) is 53.8 Å². The van der Waals surface area contributed by atoms with Gasteiger partial charge in [0, 0.05) is 12.6 Å². The third-order valence-electron chi connectivity index (χ3n) is 4.44. The summed E-state index contributed by atoms with van der Waals surface area (Å²) in [7, 11) is 1.73. The third-order valence-corrected chi connectivity index (χ3v) is 4.44. The fourth-order valence-corrected chi connectivity index (χ4v) is 3.22. The molecule has 2 aromatic rings. The highest BCUT2D eigenvalue weighted by molar-refractivity contribution is 5.31. The fourth-order valence-electron chi connectivity index (χ4n) is 3.22. The van der Waals surface area contributed by atoms with E-state index in [-0.39, 0.29) is 0 Å². The zero-order chi connectivity index (χ0) is 14.5. The van der Waals surface area contributed by atoms with Crippen LogP contribution < -0.4 is 10.1 Å². The minimum Gasteiger partial charge on any atom is -0.497 e. The van der Waals surface area contributed by atoms with Gasteiger partial charge in [0.15, 0.2) is 0 Å². The molecule has 0 heterocycles. The summed E-state index contributed by atoms with van der Waals surface area (Å²) in [6.07, 6.45) is 3.74. The van der Waals surface area contributed by atoms with Crippen LogP contribution in [-0.4, -0.2) is 13.2 Å². The molecule has 2 nitrogen and oxygen atoms in total. The number of ether oxygens (including phenoxy) is 1. The smallest absolute Gasteiger partial charge is 0.119 e. The van der Waals surface area contributed by atoms with E-state index in [4.69, 9.17) is 4.74 Å². The molecule has 2 unspecified atom stereocenters. The van der Waals surface area contributed by atoms with Crippen LogP contribution in [0.25, 0.3) is 0 Å². The molecule has 0 aliphatic heterocycles. The molecule has 1 saturated carbocycles. The Kier molecular flexibility index (Phi) is 4.56. The van der Waals surface area contributed by atoms with Crippen LogP contribution in [0.3, 0.4) is 0 Å². The van der Waals surface area contributed by atoms with E-state index in [1.54, 1.807) is 7.11 Å². The average Bonchev–Trinajstić information content (AvgIpc) is 3.03. The molecule has 2 atom stereocenters. The van der Waals surface area contributed by atoms with Crippen LogP contribution in [0.2, 0.25) is 0 Å². The second kappa shape index (κ2) is 6.77. The Morgan fingerprint density at radius 3 is 2.71 bits per heavy atom. The number of methoxy groups -OCH3 is 1. The zero-order valence-corrected chi connectivity index (χ0v) is 12.6. The summed E-state index contributed by atoms with van der Waals surface area (Å²) < 4.78 is 5.33. The molecule has 1 aliphatic carbocycles. The quantitative estimate of drug-likeness (QED) is 0.890. The first-order valence-electron chi connectivity index (χ1n) is 7.76. The van der Waals surface area contributed by atoms with Gasteiger partial charge in [-0.15, -0.1) is 0 Å². The molecule has 2 heteroatoms. The number of rotatable bonds is 5. The SMILES string of the molecule is COc1cccc(C2CCC(NCc3ccccc3)C2)c1. The molecule has 3 rings (SSSR count). The highest BCUT2D eigenvalue weighted by atomic mass is 16.5. The van der Waals surface area contributed by atoms with Crippen molar-refractivity contribution in [1.82, 2.24) is 5.32 Å². The minimum atomic E-state index is 0.626. The van der Waals surface area contributed by atoms with Crippen molar-refractivity contribution >= 4 is 0 Å². The molecule has 1 aliphatic rings. The number of nitrogens with one attached hydrogen (secondary N) is 1. The van der Waals surface area contributed by atoms with Crippen molar-refractivity contribution in [3.05, 3.63) is 65.7 Å². The van der Waals surface area contributed by atoms with Gasteiger partial charge in [-0.2, -0.15) is 0 Å². The van der Waals surface area contributed by atoms with Crippen molar-refractivity contribution < 1.29 is 4.74 Å². The van der Waals surface area contributed by atoms with E-state index in [0.717, 1.165) is 12.3 Å². The molecule has 0 spiro atoms. The number of hydrogen-bond acceptors (Lipinski definition) is 2. The first kappa shape index (κ1) is 14.2. The molecule has 110 valence electrons. The van der Waals surface area contributed by atoms with E-state index in [9.17, 15) is 0 Å². The van der Waals surface area contributed by atoms with Gasteiger partial charge >= 0.3 is 0 Å². The van der Waals surface area contributed by atoms with E-state index >= 15 is 0 Å². The van der Waals surface area contributed by atoms with Gasteiger partial charge in [-0.3, -0.25) is 0 Å². The predicted octanol–water partition coefficient (Wildman–Crippen LogP) is 4.12. The highest BCUT2D eigenvalue weighted by Crippen LogP contribution is 2.35. The first-order valence-corrected chi connectivity index (χ1v) is 7.76. The normalized spacial score (nSPS) is 21.4. The van der Waals surface area contributed by atoms with Crippen molar-refractivity contribution in [3.8, 4) is 5.75 Å². The van der Waals surface area contributed by atoms with E-state index in [0.29, 0.717) is 12.0 Å². The molecule has 0 aromatic heterocycles. The predicted molar refractivity (Wildman–Crippen MR) is 86.7 cm³/mol. The highest BCUT2D eigenvalue weighted by Gasteiger charge is 2.25. The van der Waals surface area contributed by atoms with Crippen LogP contribution in [0, 0.1) is 0 Å². The topological polar surface area (TPSA) is 21.3 Å². The molecule has 0 radical (unpaired) electrons. The summed E-state index contributed by atoms with van der Waals surface area (Å²) >= 11 is 0. The number of benzene rings is 2. The maximum atomic E-state index is 5.33. The molecule has 1 N–H and O–H groups in total. The third kappa shape index (κ3) is 3.64. The summed E-state index contributed by atoms with van der Waals surface area (Å²) in [5.41, 5.74) is 2.78. The van der Waals surface area contributed by atoms with Gasteiger partial charge in [0.05, 0.1) is 7.11 Å². The molecular weight excluding hydrogens is 258 g/mol. The largest absolute Gasteiger partial charge is 0.497 e. The van der Waals surface area contributed by atoms with Crippen LogP contribution in [0.5, 0.6) is 5.75 Å². The van der Waals surface area contributed by atoms with Crippen molar-refractivity contribution in [2.75, 3.05) is 7.11 Å². The zero-order valence-electron chi connectivity index (χ0n) is 12.6. The van der Waals surface area contributed by atoms with Crippen LogP contribution in [0.4, 0.5) is 0 Å². The monoisotopic (exact) mass is 281 g/mol. The Morgan fingerprint density at radius 1 is 1.05 bits per heavy atom. The summed E-state index contributed by atoms with van der Waals surface area (Å²) in [4.78, 5) is 0.